The number of anilines is 2. The molecule has 0 spiro atoms. The molecule has 1 aromatic heterocycles. The van der Waals surface area contributed by atoms with Crippen LogP contribution >= 0.6 is 0 Å². The fraction of sp³-hybridized carbons (Fsp3) is 0.667. The van der Waals surface area contributed by atoms with Crippen molar-refractivity contribution in [2.75, 3.05) is 50.0 Å². The third kappa shape index (κ3) is 6.57. The number of nitrogens with zero attached hydrogens (tertiary/aromatic N) is 4. The average Bonchev–Trinajstić information content (AvgIpc) is 2.85. The van der Waals surface area contributed by atoms with E-state index in [1.54, 1.807) is 0 Å². The quantitative estimate of drug-likeness (QED) is 0.746. The molecular formula is C18H31N5. The molecule has 1 saturated heterocycles. The molecular weight excluding hydrogens is 286 g/mol. The van der Waals surface area contributed by atoms with Gasteiger partial charge in [-0.3, -0.25) is 0 Å². The van der Waals surface area contributed by atoms with Crippen LogP contribution in [0.3, 0.4) is 0 Å². The van der Waals surface area contributed by atoms with Gasteiger partial charge in [0.25, 0.3) is 0 Å². The number of allylic oxidation sites excluding steroid dienone is 1. The molecule has 0 aliphatic carbocycles. The molecule has 1 aliphatic heterocycles. The lowest BCUT2D eigenvalue weighted by Gasteiger charge is -2.21. The molecule has 0 atom stereocenters. The minimum absolute atomic E-state index is 0.740. The van der Waals surface area contributed by atoms with Gasteiger partial charge in [-0.1, -0.05) is 31.9 Å². The summed E-state index contributed by atoms with van der Waals surface area (Å²) in [4.78, 5) is 13.7. The number of hydrogen-bond donors (Lipinski definition) is 1. The van der Waals surface area contributed by atoms with Gasteiger partial charge in [0.05, 0.1) is 0 Å². The van der Waals surface area contributed by atoms with Gasteiger partial charge >= 0.3 is 0 Å². The molecule has 1 fully saturated rings. The molecule has 0 unspecified atom stereocenters. The summed E-state index contributed by atoms with van der Waals surface area (Å²) in [6.45, 7) is 7.22. The zero-order valence-corrected chi connectivity index (χ0v) is 14.7. The van der Waals surface area contributed by atoms with E-state index in [4.69, 9.17) is 0 Å². The van der Waals surface area contributed by atoms with E-state index >= 15 is 0 Å². The van der Waals surface area contributed by atoms with Crippen LogP contribution in [0.25, 0.3) is 0 Å². The summed E-state index contributed by atoms with van der Waals surface area (Å²) in [5.41, 5.74) is 0. The predicted octanol–water partition coefficient (Wildman–Crippen LogP) is 3.17. The Hall–Kier alpha value is -1.62. The Morgan fingerprint density at radius 2 is 2.00 bits per heavy atom. The largest absolute Gasteiger partial charge is 0.356 e. The Balaban J connectivity index is 1.79. The summed E-state index contributed by atoms with van der Waals surface area (Å²) in [5, 5.41) is 3.35. The molecule has 2 rings (SSSR count). The summed E-state index contributed by atoms with van der Waals surface area (Å²) >= 11 is 0. The van der Waals surface area contributed by atoms with Crippen molar-refractivity contribution in [3.63, 3.8) is 0 Å². The molecule has 5 heteroatoms. The minimum atomic E-state index is 0.740. The molecule has 0 radical (unpaired) electrons. The SMILES string of the molecule is CC/C=C/CN(C)CCNc1nccc(N2CCCCCC2)n1. The van der Waals surface area contributed by atoms with Crippen molar-refractivity contribution < 1.29 is 0 Å². The summed E-state index contributed by atoms with van der Waals surface area (Å²) < 4.78 is 0. The number of aromatic nitrogens is 2. The van der Waals surface area contributed by atoms with Crippen molar-refractivity contribution in [2.45, 2.75) is 39.0 Å². The first-order valence-electron chi connectivity index (χ1n) is 8.95. The Morgan fingerprint density at radius 1 is 1.22 bits per heavy atom. The standard InChI is InChI=1S/C18H31N5/c1-3-4-7-13-22(2)16-12-20-18-19-11-10-17(21-18)23-14-8-5-6-9-15-23/h4,7,10-11H,3,5-6,8-9,12-16H2,1-2H3,(H,19,20,21)/b7-4+. The second-order valence-electron chi connectivity index (χ2n) is 6.21. The first kappa shape index (κ1) is 17.7. The van der Waals surface area contributed by atoms with Crippen LogP contribution in [-0.4, -0.2) is 54.6 Å². The molecule has 2 heterocycles. The Labute approximate surface area is 140 Å². The second-order valence-corrected chi connectivity index (χ2v) is 6.21. The van der Waals surface area contributed by atoms with Crippen molar-refractivity contribution in [2.24, 2.45) is 0 Å². The first-order chi connectivity index (χ1) is 11.3. The monoisotopic (exact) mass is 317 g/mol. The maximum atomic E-state index is 4.68. The molecule has 0 amide bonds. The van der Waals surface area contributed by atoms with E-state index in [0.717, 1.165) is 50.9 Å². The van der Waals surface area contributed by atoms with Crippen LogP contribution in [0.15, 0.2) is 24.4 Å². The fourth-order valence-electron chi connectivity index (χ4n) is 2.78. The number of hydrogen-bond acceptors (Lipinski definition) is 5. The second kappa shape index (κ2) is 10.2. The van der Waals surface area contributed by atoms with Gasteiger partial charge in [0.15, 0.2) is 0 Å². The van der Waals surface area contributed by atoms with Crippen LogP contribution < -0.4 is 10.2 Å². The lowest BCUT2D eigenvalue weighted by Crippen LogP contribution is -2.27. The lowest BCUT2D eigenvalue weighted by atomic mass is 10.2. The molecule has 5 nitrogen and oxygen atoms in total. The highest BCUT2D eigenvalue weighted by Gasteiger charge is 2.11. The summed E-state index contributed by atoms with van der Waals surface area (Å²) in [6, 6.07) is 2.03. The van der Waals surface area contributed by atoms with Crippen LogP contribution in [0.1, 0.15) is 39.0 Å². The van der Waals surface area contributed by atoms with Gasteiger partial charge in [-0.05, 0) is 32.4 Å². The normalized spacial score (nSPS) is 16.0. The molecule has 0 aromatic carbocycles. The zero-order chi connectivity index (χ0) is 16.3. The van der Waals surface area contributed by atoms with Crippen molar-refractivity contribution in [3.8, 4) is 0 Å². The van der Waals surface area contributed by atoms with Crippen LogP contribution in [0.4, 0.5) is 11.8 Å². The van der Waals surface area contributed by atoms with Gasteiger partial charge in [0.2, 0.25) is 5.95 Å². The van der Waals surface area contributed by atoms with E-state index in [2.05, 4.69) is 51.2 Å². The highest BCUT2D eigenvalue weighted by atomic mass is 15.2. The number of rotatable bonds is 8. The number of nitrogens with one attached hydrogen (secondary N) is 1. The minimum Gasteiger partial charge on any atom is -0.356 e. The molecule has 1 N–H and O–H groups in total. The third-order valence-electron chi connectivity index (χ3n) is 4.17. The van der Waals surface area contributed by atoms with E-state index in [9.17, 15) is 0 Å². The smallest absolute Gasteiger partial charge is 0.224 e. The number of likely N-dealkylation sites (N-methyl/N-ethyl adjacent to an activating group) is 1. The Morgan fingerprint density at radius 3 is 2.74 bits per heavy atom. The lowest BCUT2D eigenvalue weighted by molar-refractivity contribution is 0.384. The maximum absolute atomic E-state index is 4.68. The van der Waals surface area contributed by atoms with Crippen LogP contribution in [0, 0.1) is 0 Å². The molecule has 128 valence electrons. The Bertz CT molecular complexity index is 466. The van der Waals surface area contributed by atoms with Crippen LogP contribution in [0.2, 0.25) is 0 Å². The van der Waals surface area contributed by atoms with Crippen molar-refractivity contribution in [1.29, 1.82) is 0 Å². The molecule has 1 aliphatic rings. The van der Waals surface area contributed by atoms with Gasteiger partial charge in [0, 0.05) is 38.9 Å². The third-order valence-corrected chi connectivity index (χ3v) is 4.17. The topological polar surface area (TPSA) is 44.3 Å². The van der Waals surface area contributed by atoms with Crippen molar-refractivity contribution in [1.82, 2.24) is 14.9 Å². The Kier molecular flexibility index (Phi) is 7.87. The van der Waals surface area contributed by atoms with E-state index in [-0.39, 0.29) is 0 Å². The van der Waals surface area contributed by atoms with E-state index in [1.807, 2.05) is 12.3 Å². The van der Waals surface area contributed by atoms with Crippen molar-refractivity contribution in [3.05, 3.63) is 24.4 Å². The summed E-state index contributed by atoms with van der Waals surface area (Å²) in [5.74, 6) is 1.80. The molecule has 0 bridgehead atoms. The highest BCUT2D eigenvalue weighted by molar-refractivity contribution is 5.42. The highest BCUT2D eigenvalue weighted by Crippen LogP contribution is 2.17. The predicted molar refractivity (Wildman–Crippen MR) is 98.1 cm³/mol. The first-order valence-corrected chi connectivity index (χ1v) is 8.95. The molecule has 0 saturated carbocycles. The van der Waals surface area contributed by atoms with Gasteiger partial charge in [-0.25, -0.2) is 4.98 Å². The molecule has 23 heavy (non-hydrogen) atoms. The maximum Gasteiger partial charge on any atom is 0.224 e. The molecule has 1 aromatic rings. The summed E-state index contributed by atoms with van der Waals surface area (Å²) in [7, 11) is 2.14. The average molecular weight is 317 g/mol. The van der Waals surface area contributed by atoms with E-state index < -0.39 is 0 Å². The van der Waals surface area contributed by atoms with Crippen molar-refractivity contribution >= 4 is 11.8 Å². The van der Waals surface area contributed by atoms with E-state index in [0.29, 0.717) is 0 Å². The van der Waals surface area contributed by atoms with E-state index in [1.165, 1.54) is 25.7 Å². The van der Waals surface area contributed by atoms with Gasteiger partial charge < -0.3 is 15.1 Å². The van der Waals surface area contributed by atoms with Crippen LogP contribution in [-0.2, 0) is 0 Å². The zero-order valence-electron chi connectivity index (χ0n) is 14.7. The fourth-order valence-corrected chi connectivity index (χ4v) is 2.78. The van der Waals surface area contributed by atoms with Crippen LogP contribution in [0.5, 0.6) is 0 Å². The van der Waals surface area contributed by atoms with Gasteiger partial charge in [-0.15, -0.1) is 0 Å². The van der Waals surface area contributed by atoms with Gasteiger partial charge in [0.1, 0.15) is 5.82 Å². The summed E-state index contributed by atoms with van der Waals surface area (Å²) in [6.07, 6.45) is 12.6. The van der Waals surface area contributed by atoms with Gasteiger partial charge in [-0.2, -0.15) is 4.98 Å².